The van der Waals surface area contributed by atoms with Gasteiger partial charge in [0.05, 0.1) is 12.6 Å². The van der Waals surface area contributed by atoms with Crippen LogP contribution in [-0.2, 0) is 25.6 Å². The Hall–Kier alpha value is -3.13. The summed E-state index contributed by atoms with van der Waals surface area (Å²) in [5.74, 6) is -3.42. The van der Waals surface area contributed by atoms with Crippen molar-refractivity contribution >= 4 is 47.2 Å². The molecular formula is C23H34N6O6S. The topological polar surface area (TPSA) is 213 Å². The van der Waals surface area contributed by atoms with Gasteiger partial charge in [0.2, 0.25) is 17.7 Å². The molecule has 10 N–H and O–H groups in total. The second-order valence-electron chi connectivity index (χ2n) is 8.34. The minimum absolute atomic E-state index is 0.0257. The number of hydrogen-bond donors (Lipinski definition) is 9. The zero-order valence-electron chi connectivity index (χ0n) is 19.8. The number of aliphatic hydroxyl groups is 1. The van der Waals surface area contributed by atoms with Crippen molar-refractivity contribution in [3.8, 4) is 0 Å². The fraction of sp³-hybridized carbons (Fsp3) is 0.478. The van der Waals surface area contributed by atoms with Crippen molar-refractivity contribution in [2.75, 3.05) is 18.9 Å². The molecule has 2 aromatic rings. The summed E-state index contributed by atoms with van der Waals surface area (Å²) in [4.78, 5) is 52.9. The minimum Gasteiger partial charge on any atom is -0.480 e. The van der Waals surface area contributed by atoms with Gasteiger partial charge in [-0.05, 0) is 37.4 Å². The molecule has 0 fully saturated rings. The number of para-hydroxylation sites is 1. The van der Waals surface area contributed by atoms with Gasteiger partial charge in [-0.3, -0.25) is 14.4 Å². The Kier molecular flexibility index (Phi) is 11.7. The first kappa shape index (κ1) is 29.1. The quantitative estimate of drug-likeness (QED) is 0.100. The molecule has 1 aromatic heterocycles. The van der Waals surface area contributed by atoms with E-state index >= 15 is 0 Å². The number of aromatic amines is 1. The van der Waals surface area contributed by atoms with E-state index in [1.165, 1.54) is 0 Å². The van der Waals surface area contributed by atoms with Gasteiger partial charge in [0, 0.05) is 29.3 Å². The molecule has 2 rings (SSSR count). The van der Waals surface area contributed by atoms with Crippen molar-refractivity contribution in [3.05, 3.63) is 36.0 Å². The van der Waals surface area contributed by atoms with Crippen molar-refractivity contribution in [2.45, 2.75) is 49.9 Å². The number of thiol groups is 1. The highest BCUT2D eigenvalue weighted by Crippen LogP contribution is 2.19. The summed E-state index contributed by atoms with van der Waals surface area (Å²) in [5.41, 5.74) is 12.6. The predicted octanol–water partition coefficient (Wildman–Crippen LogP) is -1.37. The van der Waals surface area contributed by atoms with Gasteiger partial charge in [-0.25, -0.2) is 4.79 Å². The summed E-state index contributed by atoms with van der Waals surface area (Å²) in [7, 11) is 0. The molecule has 36 heavy (non-hydrogen) atoms. The van der Waals surface area contributed by atoms with Crippen molar-refractivity contribution in [2.24, 2.45) is 11.5 Å². The zero-order valence-corrected chi connectivity index (χ0v) is 20.7. The van der Waals surface area contributed by atoms with E-state index in [2.05, 4.69) is 33.6 Å². The smallest absolute Gasteiger partial charge is 0.326 e. The van der Waals surface area contributed by atoms with E-state index in [-0.39, 0.29) is 18.6 Å². The van der Waals surface area contributed by atoms with E-state index in [1.54, 1.807) is 6.20 Å². The number of rotatable bonds is 15. The van der Waals surface area contributed by atoms with Gasteiger partial charge in [-0.15, -0.1) is 0 Å². The van der Waals surface area contributed by atoms with Crippen LogP contribution in [0.15, 0.2) is 30.5 Å². The number of carbonyl (C=O) groups excluding carboxylic acids is 3. The number of hydrogen-bond acceptors (Lipinski definition) is 8. The van der Waals surface area contributed by atoms with Crippen LogP contribution in [0.25, 0.3) is 10.9 Å². The molecule has 12 nitrogen and oxygen atoms in total. The van der Waals surface area contributed by atoms with Gasteiger partial charge < -0.3 is 42.6 Å². The maximum absolute atomic E-state index is 13.2. The van der Waals surface area contributed by atoms with Crippen LogP contribution in [0.5, 0.6) is 0 Å². The number of carbonyl (C=O) groups is 4. The van der Waals surface area contributed by atoms with Crippen molar-refractivity contribution in [1.29, 1.82) is 0 Å². The van der Waals surface area contributed by atoms with Gasteiger partial charge in [-0.1, -0.05) is 18.2 Å². The molecule has 4 atom stereocenters. The number of aromatic nitrogens is 1. The SMILES string of the molecule is NCCCCC(NC(=O)C(Cc1c[nH]c2ccccc12)NC(=O)C(CO)NC(=O)C(N)CS)C(=O)O. The molecule has 13 heteroatoms. The van der Waals surface area contributed by atoms with E-state index in [9.17, 15) is 29.4 Å². The lowest BCUT2D eigenvalue weighted by molar-refractivity contribution is -0.142. The molecule has 0 radical (unpaired) electrons. The Morgan fingerprint density at radius 1 is 0.972 bits per heavy atom. The first-order chi connectivity index (χ1) is 17.2. The molecule has 0 aliphatic heterocycles. The number of aliphatic hydroxyl groups excluding tert-OH is 1. The number of unbranched alkanes of at least 4 members (excludes halogenated alkanes) is 1. The normalized spacial score (nSPS) is 14.4. The van der Waals surface area contributed by atoms with Gasteiger partial charge in [0.25, 0.3) is 0 Å². The van der Waals surface area contributed by atoms with Crippen LogP contribution in [0, 0.1) is 0 Å². The monoisotopic (exact) mass is 522 g/mol. The molecular weight excluding hydrogens is 488 g/mol. The summed E-state index contributed by atoms with van der Waals surface area (Å²) in [6, 6.07) is 2.63. The van der Waals surface area contributed by atoms with Crippen molar-refractivity contribution in [1.82, 2.24) is 20.9 Å². The number of benzene rings is 1. The highest BCUT2D eigenvalue weighted by atomic mass is 32.1. The average molecular weight is 523 g/mol. The molecule has 0 aliphatic rings. The average Bonchev–Trinajstić information content (AvgIpc) is 3.28. The maximum Gasteiger partial charge on any atom is 0.326 e. The summed E-state index contributed by atoms with van der Waals surface area (Å²) >= 11 is 3.94. The van der Waals surface area contributed by atoms with Crippen LogP contribution in [0.1, 0.15) is 24.8 Å². The number of fused-ring (bicyclic) bond motifs is 1. The number of nitrogens with two attached hydrogens (primary N) is 2. The molecule has 0 bridgehead atoms. The third kappa shape index (κ3) is 8.22. The number of nitrogens with one attached hydrogen (secondary N) is 4. The Morgan fingerprint density at radius 2 is 1.61 bits per heavy atom. The number of H-pyrrole nitrogens is 1. The first-order valence-electron chi connectivity index (χ1n) is 11.6. The van der Waals surface area contributed by atoms with Crippen LogP contribution in [0.4, 0.5) is 0 Å². The molecule has 0 saturated heterocycles. The van der Waals surface area contributed by atoms with Gasteiger partial charge in [0.1, 0.15) is 18.1 Å². The summed E-state index contributed by atoms with van der Waals surface area (Å²) in [5, 5.41) is 27.4. The lowest BCUT2D eigenvalue weighted by atomic mass is 10.0. The van der Waals surface area contributed by atoms with Crippen LogP contribution in [-0.4, -0.2) is 82.0 Å². The molecule has 4 unspecified atom stereocenters. The summed E-state index contributed by atoms with van der Waals surface area (Å²) in [6.07, 6.45) is 2.99. The van der Waals surface area contributed by atoms with E-state index in [0.29, 0.717) is 24.9 Å². The molecule has 198 valence electrons. The van der Waals surface area contributed by atoms with E-state index in [0.717, 1.165) is 10.9 Å². The third-order valence-electron chi connectivity index (χ3n) is 5.64. The van der Waals surface area contributed by atoms with E-state index < -0.39 is 54.5 Å². The molecule has 0 spiro atoms. The third-order valence-corrected chi connectivity index (χ3v) is 6.04. The lowest BCUT2D eigenvalue weighted by Crippen LogP contribution is -2.58. The van der Waals surface area contributed by atoms with Crippen molar-refractivity contribution in [3.63, 3.8) is 0 Å². The highest BCUT2D eigenvalue weighted by Gasteiger charge is 2.30. The summed E-state index contributed by atoms with van der Waals surface area (Å²) in [6.45, 7) is -0.347. The largest absolute Gasteiger partial charge is 0.480 e. The molecule has 0 saturated carbocycles. The fourth-order valence-electron chi connectivity index (χ4n) is 3.58. The molecule has 0 aliphatic carbocycles. The first-order valence-corrected chi connectivity index (χ1v) is 12.2. The van der Waals surface area contributed by atoms with Crippen LogP contribution in [0.2, 0.25) is 0 Å². The van der Waals surface area contributed by atoms with Crippen LogP contribution >= 0.6 is 12.6 Å². The molecule has 1 aromatic carbocycles. The fourth-order valence-corrected chi connectivity index (χ4v) is 3.75. The number of aliphatic carboxylic acids is 1. The second kappa shape index (κ2) is 14.4. The Bertz CT molecular complexity index is 1050. The maximum atomic E-state index is 13.2. The van der Waals surface area contributed by atoms with Gasteiger partial charge in [0.15, 0.2) is 0 Å². The Labute approximate surface area is 214 Å². The minimum atomic E-state index is -1.37. The Morgan fingerprint density at radius 3 is 2.25 bits per heavy atom. The van der Waals surface area contributed by atoms with Crippen LogP contribution in [0.3, 0.4) is 0 Å². The predicted molar refractivity (Wildman–Crippen MR) is 137 cm³/mol. The molecule has 1 heterocycles. The summed E-state index contributed by atoms with van der Waals surface area (Å²) < 4.78 is 0. The van der Waals surface area contributed by atoms with Crippen LogP contribution < -0.4 is 27.4 Å². The van der Waals surface area contributed by atoms with Crippen molar-refractivity contribution < 1.29 is 29.4 Å². The standard InChI is InChI=1S/C23H34N6O6S/c24-8-4-3-7-17(23(34)35)27-21(32)18(9-13-10-26-16-6-2-1-5-14(13)16)28-22(33)19(11-30)29-20(31)15(25)12-36/h1-2,5-6,10,15,17-19,26,30,36H,3-4,7-9,11-12,24-25H2,(H,27,32)(H,28,33)(H,29,31)(H,34,35). The molecule has 3 amide bonds. The highest BCUT2D eigenvalue weighted by molar-refractivity contribution is 7.80. The number of carboxylic acids is 1. The lowest BCUT2D eigenvalue weighted by Gasteiger charge is -2.24. The van der Waals surface area contributed by atoms with E-state index in [1.807, 2.05) is 24.3 Å². The van der Waals surface area contributed by atoms with Gasteiger partial charge in [-0.2, -0.15) is 12.6 Å². The zero-order chi connectivity index (χ0) is 26.7. The second-order valence-corrected chi connectivity index (χ2v) is 8.71. The number of amides is 3. The van der Waals surface area contributed by atoms with E-state index in [4.69, 9.17) is 11.5 Å². The number of carboxylic acid groups (broad SMARTS) is 1. The Balaban J connectivity index is 2.25. The van der Waals surface area contributed by atoms with Gasteiger partial charge >= 0.3 is 5.97 Å².